The molecule has 184 valence electrons. The molecule has 0 atom stereocenters. The molecule has 3 aliphatic rings. The van der Waals surface area contributed by atoms with E-state index in [-0.39, 0.29) is 10.7 Å². The van der Waals surface area contributed by atoms with E-state index in [1.165, 1.54) is 30.0 Å². The van der Waals surface area contributed by atoms with Gasteiger partial charge in [-0.25, -0.2) is 8.42 Å². The number of ketones is 1. The number of carbonyl (C=O) groups is 1. The molecule has 5 rings (SSSR count). The highest BCUT2D eigenvalue weighted by Gasteiger charge is 2.31. The molecule has 0 spiro atoms. The van der Waals surface area contributed by atoms with E-state index in [0.717, 1.165) is 17.0 Å². The van der Waals surface area contributed by atoms with Gasteiger partial charge in [-0.15, -0.1) is 0 Å². The molecule has 2 aromatic rings. The first-order valence-corrected chi connectivity index (χ1v) is 13.6. The van der Waals surface area contributed by atoms with Crippen LogP contribution in [0, 0.1) is 13.8 Å². The molecule has 2 fully saturated rings. The lowest BCUT2D eigenvalue weighted by atomic mass is 10.1. The molecule has 0 radical (unpaired) electrons. The van der Waals surface area contributed by atoms with E-state index in [9.17, 15) is 13.2 Å². The van der Waals surface area contributed by atoms with Crippen LogP contribution in [0.5, 0.6) is 11.5 Å². The first kappa shape index (κ1) is 23.4. The third kappa shape index (κ3) is 4.36. The summed E-state index contributed by atoms with van der Waals surface area (Å²) in [5.74, 6) is 1.15. The van der Waals surface area contributed by atoms with Crippen molar-refractivity contribution in [3.63, 3.8) is 0 Å². The Kier molecular flexibility index (Phi) is 6.43. The van der Waals surface area contributed by atoms with Gasteiger partial charge in [-0.2, -0.15) is 4.31 Å². The van der Waals surface area contributed by atoms with Crippen LogP contribution in [0.1, 0.15) is 53.5 Å². The normalized spacial score (nSPS) is 20.1. The lowest BCUT2D eigenvalue weighted by molar-refractivity contribution is 0.0901. The maximum atomic E-state index is 13.2. The van der Waals surface area contributed by atoms with Gasteiger partial charge in [-0.1, -0.05) is 12.8 Å². The Hall–Kier alpha value is -2.36. The highest BCUT2D eigenvalue weighted by atomic mass is 32.2. The average molecular weight is 488 g/mol. The fraction of sp³-hybridized carbons (Fsp3) is 0.560. The van der Waals surface area contributed by atoms with Gasteiger partial charge in [0.1, 0.15) is 13.2 Å². The van der Waals surface area contributed by atoms with E-state index in [1.54, 1.807) is 18.2 Å². The maximum absolute atomic E-state index is 13.2. The van der Waals surface area contributed by atoms with Gasteiger partial charge in [0.15, 0.2) is 17.3 Å². The van der Waals surface area contributed by atoms with E-state index in [0.29, 0.717) is 63.5 Å². The molecule has 1 aromatic heterocycles. The number of hydrogen-bond donors (Lipinski definition) is 0. The minimum atomic E-state index is -3.64. The van der Waals surface area contributed by atoms with E-state index in [1.807, 2.05) is 6.07 Å². The van der Waals surface area contributed by atoms with Crippen molar-refractivity contribution in [2.75, 3.05) is 45.9 Å². The van der Waals surface area contributed by atoms with E-state index in [2.05, 4.69) is 23.3 Å². The number of rotatable bonds is 6. The fourth-order valence-corrected chi connectivity index (χ4v) is 6.97. The lowest BCUT2D eigenvalue weighted by Gasteiger charge is -2.33. The van der Waals surface area contributed by atoms with Crippen LogP contribution in [0.4, 0.5) is 0 Å². The van der Waals surface area contributed by atoms with Crippen molar-refractivity contribution in [2.24, 2.45) is 0 Å². The molecule has 2 aliphatic heterocycles. The van der Waals surface area contributed by atoms with Crippen LogP contribution >= 0.6 is 0 Å². The third-order valence-electron chi connectivity index (χ3n) is 7.32. The zero-order chi connectivity index (χ0) is 23.9. The van der Waals surface area contributed by atoms with Gasteiger partial charge in [0.25, 0.3) is 0 Å². The van der Waals surface area contributed by atoms with Crippen molar-refractivity contribution in [2.45, 2.75) is 50.5 Å². The molecule has 1 saturated heterocycles. The van der Waals surface area contributed by atoms with Crippen molar-refractivity contribution in [1.29, 1.82) is 0 Å². The number of hydrogen-bond acceptors (Lipinski definition) is 6. The van der Waals surface area contributed by atoms with Crippen LogP contribution in [-0.2, 0) is 10.0 Å². The zero-order valence-corrected chi connectivity index (χ0v) is 20.8. The maximum Gasteiger partial charge on any atom is 0.243 e. The lowest BCUT2D eigenvalue weighted by Crippen LogP contribution is -2.49. The summed E-state index contributed by atoms with van der Waals surface area (Å²) in [6.45, 7) is 7.08. The van der Waals surface area contributed by atoms with Gasteiger partial charge in [0, 0.05) is 55.2 Å². The number of nitrogens with zero attached hydrogens (tertiary/aromatic N) is 3. The van der Waals surface area contributed by atoms with Crippen LogP contribution in [0.3, 0.4) is 0 Å². The topological polar surface area (TPSA) is 81.1 Å². The van der Waals surface area contributed by atoms with Crippen molar-refractivity contribution in [1.82, 2.24) is 13.8 Å². The van der Waals surface area contributed by atoms with Crippen LogP contribution < -0.4 is 9.47 Å². The second kappa shape index (κ2) is 9.36. The predicted molar refractivity (Wildman–Crippen MR) is 128 cm³/mol. The molecule has 34 heavy (non-hydrogen) atoms. The second-order valence-corrected chi connectivity index (χ2v) is 11.4. The summed E-state index contributed by atoms with van der Waals surface area (Å²) in [6.07, 6.45) is 4.88. The Labute approximate surface area is 201 Å². The largest absolute Gasteiger partial charge is 0.486 e. The number of aryl methyl sites for hydroxylation is 1. The molecule has 0 unspecified atom stereocenters. The molecule has 1 aromatic carbocycles. The molecular weight excluding hydrogens is 454 g/mol. The number of sulfonamides is 1. The van der Waals surface area contributed by atoms with E-state index < -0.39 is 10.0 Å². The number of benzene rings is 1. The van der Waals surface area contributed by atoms with Crippen LogP contribution in [-0.4, -0.2) is 73.9 Å². The summed E-state index contributed by atoms with van der Waals surface area (Å²) < 4.78 is 41.2. The predicted octanol–water partition coefficient (Wildman–Crippen LogP) is 3.18. The van der Waals surface area contributed by atoms with Gasteiger partial charge in [-0.3, -0.25) is 9.69 Å². The molecule has 0 amide bonds. The SMILES string of the molecule is Cc1cc(C(=O)CN2CCN(S(=O)(=O)c3ccc4c(c3)OCCO4)CC2)c(C)n1C1CCCC1. The third-order valence-corrected chi connectivity index (χ3v) is 9.22. The minimum Gasteiger partial charge on any atom is -0.486 e. The number of piperazine rings is 1. The first-order valence-electron chi connectivity index (χ1n) is 12.2. The Balaban J connectivity index is 1.22. The summed E-state index contributed by atoms with van der Waals surface area (Å²) in [7, 11) is -3.64. The summed E-state index contributed by atoms with van der Waals surface area (Å²) in [5.41, 5.74) is 3.02. The quantitative estimate of drug-likeness (QED) is 0.582. The number of fused-ring (bicyclic) bond motifs is 1. The average Bonchev–Trinajstić information content (AvgIpc) is 3.46. The van der Waals surface area contributed by atoms with Gasteiger partial charge in [-0.05, 0) is 44.9 Å². The molecule has 3 heterocycles. The van der Waals surface area contributed by atoms with E-state index >= 15 is 0 Å². The van der Waals surface area contributed by atoms with Crippen molar-refractivity contribution in [3.05, 3.63) is 41.2 Å². The van der Waals surface area contributed by atoms with Crippen LogP contribution in [0.15, 0.2) is 29.2 Å². The number of carbonyl (C=O) groups excluding carboxylic acids is 1. The Morgan fingerprint density at radius 2 is 1.65 bits per heavy atom. The highest BCUT2D eigenvalue weighted by Crippen LogP contribution is 2.34. The highest BCUT2D eigenvalue weighted by molar-refractivity contribution is 7.89. The van der Waals surface area contributed by atoms with Crippen molar-refractivity contribution >= 4 is 15.8 Å². The fourth-order valence-electron chi connectivity index (χ4n) is 5.53. The molecule has 9 heteroatoms. The zero-order valence-electron chi connectivity index (χ0n) is 20.0. The first-order chi connectivity index (χ1) is 16.3. The van der Waals surface area contributed by atoms with Crippen LogP contribution in [0.2, 0.25) is 0 Å². The van der Waals surface area contributed by atoms with Crippen LogP contribution in [0.25, 0.3) is 0 Å². The summed E-state index contributed by atoms with van der Waals surface area (Å²) in [4.78, 5) is 15.4. The standard InChI is InChI=1S/C25H33N3O5S/c1-18-15-22(19(2)28(18)20-5-3-4-6-20)23(29)17-26-9-11-27(12-10-26)34(30,31)21-7-8-24-25(16-21)33-14-13-32-24/h7-8,15-16,20H,3-6,9-14,17H2,1-2H3. The van der Waals surface area contributed by atoms with Crippen molar-refractivity contribution < 1.29 is 22.7 Å². The Morgan fingerprint density at radius 3 is 2.35 bits per heavy atom. The van der Waals surface area contributed by atoms with Gasteiger partial charge < -0.3 is 14.0 Å². The minimum absolute atomic E-state index is 0.112. The molecule has 0 bridgehead atoms. The summed E-state index contributed by atoms with van der Waals surface area (Å²) in [6, 6.07) is 7.30. The smallest absolute Gasteiger partial charge is 0.243 e. The molecule has 0 N–H and O–H groups in total. The molecule has 8 nitrogen and oxygen atoms in total. The van der Waals surface area contributed by atoms with Crippen molar-refractivity contribution in [3.8, 4) is 11.5 Å². The number of aromatic nitrogens is 1. The summed E-state index contributed by atoms with van der Waals surface area (Å²) in [5, 5.41) is 0. The number of Topliss-reactive ketones (excluding diaryl/α,β-unsaturated/α-hetero) is 1. The monoisotopic (exact) mass is 487 g/mol. The Morgan fingerprint density at radius 1 is 0.971 bits per heavy atom. The Bertz CT molecular complexity index is 1180. The molecule has 1 saturated carbocycles. The van der Waals surface area contributed by atoms with Gasteiger partial charge >= 0.3 is 0 Å². The number of ether oxygens (including phenoxy) is 2. The summed E-state index contributed by atoms with van der Waals surface area (Å²) >= 11 is 0. The second-order valence-electron chi connectivity index (χ2n) is 9.50. The van der Waals surface area contributed by atoms with Gasteiger partial charge in [0.2, 0.25) is 10.0 Å². The van der Waals surface area contributed by atoms with Gasteiger partial charge in [0.05, 0.1) is 11.4 Å². The van der Waals surface area contributed by atoms with E-state index in [4.69, 9.17) is 9.47 Å². The molecule has 1 aliphatic carbocycles. The molecular formula is C25H33N3O5S.